The first-order valence-electron chi connectivity index (χ1n) is 10.4. The molecule has 1 amide bonds. The van der Waals surface area contributed by atoms with Crippen LogP contribution in [0, 0.1) is 6.92 Å². The van der Waals surface area contributed by atoms with Crippen LogP contribution in [0.1, 0.15) is 18.1 Å². The largest absolute Gasteiger partial charge is 0.461 e. The van der Waals surface area contributed by atoms with Gasteiger partial charge in [-0.05, 0) is 43.2 Å². The molecule has 0 saturated carbocycles. The Morgan fingerprint density at radius 2 is 2.06 bits per heavy atom. The maximum atomic E-state index is 12.7. The normalized spacial score (nSPS) is 14.6. The number of nitrogens with zero attached hydrogens (tertiary/aromatic N) is 4. The number of anilines is 1. The van der Waals surface area contributed by atoms with E-state index in [1.165, 1.54) is 28.8 Å². The third kappa shape index (κ3) is 5.34. The van der Waals surface area contributed by atoms with Gasteiger partial charge in [0.15, 0.2) is 16.7 Å². The van der Waals surface area contributed by atoms with Crippen molar-refractivity contribution >= 4 is 35.1 Å². The van der Waals surface area contributed by atoms with Gasteiger partial charge in [-0.15, -0.1) is 10.2 Å². The Balaban J connectivity index is 1.38. The van der Waals surface area contributed by atoms with Gasteiger partial charge in [0.05, 0.1) is 12.0 Å². The molecule has 1 aromatic carbocycles. The number of amides is 1. The standard InChI is InChI=1S/C22H27N5O2S2/c1-3-27-21(19-8-5-11-29-19)24-25-22(27)31-15-20(28)23-18-7-4-6-17(16(18)2)14-26-9-12-30-13-10-26/h4-8,11H,3,9-10,12-15H2,1-2H3,(H,23,28). The summed E-state index contributed by atoms with van der Waals surface area (Å²) in [4.78, 5) is 15.1. The van der Waals surface area contributed by atoms with Gasteiger partial charge >= 0.3 is 0 Å². The lowest BCUT2D eigenvalue weighted by Gasteiger charge is -2.27. The molecule has 1 aliphatic heterocycles. The molecular weight excluding hydrogens is 430 g/mol. The van der Waals surface area contributed by atoms with E-state index < -0.39 is 0 Å². The van der Waals surface area contributed by atoms with E-state index in [1.54, 1.807) is 6.26 Å². The first kappa shape index (κ1) is 22.0. The molecule has 0 spiro atoms. The molecule has 3 heterocycles. The first-order chi connectivity index (χ1) is 15.2. The number of carbonyl (C=O) groups excluding carboxylic acids is 1. The fourth-order valence-electron chi connectivity index (χ4n) is 3.58. The summed E-state index contributed by atoms with van der Waals surface area (Å²) in [6, 6.07) is 9.83. The van der Waals surface area contributed by atoms with Crippen LogP contribution in [0.3, 0.4) is 0 Å². The fraction of sp³-hybridized carbons (Fsp3) is 0.409. The number of nitrogens with one attached hydrogen (secondary N) is 1. The average molecular weight is 458 g/mol. The molecule has 0 radical (unpaired) electrons. The van der Waals surface area contributed by atoms with Gasteiger partial charge in [-0.25, -0.2) is 0 Å². The zero-order valence-electron chi connectivity index (χ0n) is 17.8. The number of benzene rings is 1. The zero-order chi connectivity index (χ0) is 21.6. The number of hydrogen-bond donors (Lipinski definition) is 1. The SMILES string of the molecule is CCn1c(SCC(=O)Nc2cccc(CN3CCSCC3)c2C)nnc1-c1ccco1. The predicted molar refractivity (Wildman–Crippen MR) is 127 cm³/mol. The summed E-state index contributed by atoms with van der Waals surface area (Å²) in [6.45, 7) is 7.98. The van der Waals surface area contributed by atoms with Crippen LogP contribution in [0.25, 0.3) is 11.6 Å². The van der Waals surface area contributed by atoms with E-state index in [1.807, 2.05) is 47.5 Å². The summed E-state index contributed by atoms with van der Waals surface area (Å²) >= 11 is 3.40. The second kappa shape index (κ2) is 10.4. The lowest BCUT2D eigenvalue weighted by molar-refractivity contribution is -0.113. The Kier molecular flexibility index (Phi) is 7.37. The number of carbonyl (C=O) groups is 1. The molecule has 3 aromatic rings. The van der Waals surface area contributed by atoms with Crippen LogP contribution in [0.5, 0.6) is 0 Å². The molecule has 0 aliphatic carbocycles. The highest BCUT2D eigenvalue weighted by Crippen LogP contribution is 2.25. The summed E-state index contributed by atoms with van der Waals surface area (Å²) in [7, 11) is 0. The summed E-state index contributed by atoms with van der Waals surface area (Å²) in [5.74, 6) is 3.95. The molecular formula is C22H27N5O2S2. The van der Waals surface area contributed by atoms with Crippen LogP contribution >= 0.6 is 23.5 Å². The van der Waals surface area contributed by atoms with Crippen molar-refractivity contribution in [1.29, 1.82) is 0 Å². The first-order valence-corrected chi connectivity index (χ1v) is 12.6. The maximum absolute atomic E-state index is 12.7. The van der Waals surface area contributed by atoms with E-state index in [-0.39, 0.29) is 11.7 Å². The molecule has 31 heavy (non-hydrogen) atoms. The van der Waals surface area contributed by atoms with E-state index in [0.717, 1.165) is 30.9 Å². The van der Waals surface area contributed by atoms with E-state index in [4.69, 9.17) is 4.42 Å². The van der Waals surface area contributed by atoms with Crippen molar-refractivity contribution in [2.24, 2.45) is 0 Å². The lowest BCUT2D eigenvalue weighted by atomic mass is 10.1. The molecule has 1 fully saturated rings. The smallest absolute Gasteiger partial charge is 0.234 e. The second-order valence-corrected chi connectivity index (χ2v) is 9.51. The summed E-state index contributed by atoms with van der Waals surface area (Å²) in [5, 5.41) is 12.3. The number of furan rings is 1. The molecule has 4 rings (SSSR count). The monoisotopic (exact) mass is 457 g/mol. The second-order valence-electron chi connectivity index (χ2n) is 7.34. The Morgan fingerprint density at radius 1 is 1.23 bits per heavy atom. The third-order valence-electron chi connectivity index (χ3n) is 5.32. The number of thioether (sulfide) groups is 2. The molecule has 164 valence electrons. The van der Waals surface area contributed by atoms with E-state index in [2.05, 4.69) is 33.4 Å². The van der Waals surface area contributed by atoms with E-state index >= 15 is 0 Å². The van der Waals surface area contributed by atoms with Gasteiger partial charge in [0.2, 0.25) is 5.91 Å². The van der Waals surface area contributed by atoms with Crippen molar-refractivity contribution in [3.05, 3.63) is 47.7 Å². The van der Waals surface area contributed by atoms with Crippen molar-refractivity contribution in [3.63, 3.8) is 0 Å². The number of aromatic nitrogens is 3. The Bertz CT molecular complexity index is 1010. The highest BCUT2D eigenvalue weighted by Gasteiger charge is 2.17. The summed E-state index contributed by atoms with van der Waals surface area (Å²) < 4.78 is 7.40. The van der Waals surface area contributed by atoms with Crippen molar-refractivity contribution in [2.45, 2.75) is 32.1 Å². The highest BCUT2D eigenvalue weighted by molar-refractivity contribution is 7.99. The van der Waals surface area contributed by atoms with Gasteiger partial charge in [0.25, 0.3) is 0 Å². The Hall–Kier alpha value is -2.23. The molecule has 7 nitrogen and oxygen atoms in total. The van der Waals surface area contributed by atoms with Gasteiger partial charge in [-0.2, -0.15) is 11.8 Å². The molecule has 0 bridgehead atoms. The molecule has 0 unspecified atom stereocenters. The molecule has 1 saturated heterocycles. The summed E-state index contributed by atoms with van der Waals surface area (Å²) in [6.07, 6.45) is 1.62. The van der Waals surface area contributed by atoms with Crippen molar-refractivity contribution in [1.82, 2.24) is 19.7 Å². The minimum atomic E-state index is -0.0511. The topological polar surface area (TPSA) is 76.2 Å². The summed E-state index contributed by atoms with van der Waals surface area (Å²) in [5.41, 5.74) is 3.28. The quantitative estimate of drug-likeness (QED) is 0.509. The molecule has 1 N–H and O–H groups in total. The Morgan fingerprint density at radius 3 is 2.81 bits per heavy atom. The zero-order valence-corrected chi connectivity index (χ0v) is 19.5. The van der Waals surface area contributed by atoms with Crippen LogP contribution in [-0.4, -0.2) is 55.9 Å². The van der Waals surface area contributed by atoms with Crippen LogP contribution in [-0.2, 0) is 17.9 Å². The van der Waals surface area contributed by atoms with Gasteiger partial charge in [-0.3, -0.25) is 14.3 Å². The van der Waals surface area contributed by atoms with Crippen molar-refractivity contribution < 1.29 is 9.21 Å². The van der Waals surface area contributed by atoms with Crippen LogP contribution in [0.2, 0.25) is 0 Å². The Labute approximate surface area is 191 Å². The molecule has 0 atom stereocenters. The van der Waals surface area contributed by atoms with Crippen LogP contribution in [0.4, 0.5) is 5.69 Å². The predicted octanol–water partition coefficient (Wildman–Crippen LogP) is 4.15. The van der Waals surface area contributed by atoms with Gasteiger partial charge in [-0.1, -0.05) is 23.9 Å². The lowest BCUT2D eigenvalue weighted by Crippen LogP contribution is -2.32. The van der Waals surface area contributed by atoms with Crippen LogP contribution in [0.15, 0.2) is 46.2 Å². The minimum Gasteiger partial charge on any atom is -0.461 e. The molecule has 2 aromatic heterocycles. The van der Waals surface area contributed by atoms with E-state index in [9.17, 15) is 4.79 Å². The van der Waals surface area contributed by atoms with Gasteiger partial charge in [0.1, 0.15) is 0 Å². The van der Waals surface area contributed by atoms with Crippen LogP contribution < -0.4 is 5.32 Å². The average Bonchev–Trinajstić information content (AvgIpc) is 3.45. The van der Waals surface area contributed by atoms with E-state index in [0.29, 0.717) is 23.3 Å². The van der Waals surface area contributed by atoms with Crippen molar-refractivity contribution in [2.75, 3.05) is 35.7 Å². The van der Waals surface area contributed by atoms with Gasteiger partial charge in [0, 0.05) is 43.4 Å². The third-order valence-corrected chi connectivity index (χ3v) is 7.23. The highest BCUT2D eigenvalue weighted by atomic mass is 32.2. The molecule has 1 aliphatic rings. The number of rotatable bonds is 8. The minimum absolute atomic E-state index is 0.0511. The number of hydrogen-bond acceptors (Lipinski definition) is 7. The maximum Gasteiger partial charge on any atom is 0.234 e. The van der Waals surface area contributed by atoms with Gasteiger partial charge < -0.3 is 9.73 Å². The van der Waals surface area contributed by atoms with Crippen molar-refractivity contribution in [3.8, 4) is 11.6 Å². The fourth-order valence-corrected chi connectivity index (χ4v) is 5.36. The molecule has 9 heteroatoms.